The van der Waals surface area contributed by atoms with Crippen LogP contribution in [0.25, 0.3) is 0 Å². The van der Waals surface area contributed by atoms with E-state index in [1.807, 2.05) is 56.6 Å². The Morgan fingerprint density at radius 2 is 1.60 bits per heavy atom. The standard InChI is InChI=1S/C20H27N3O2/c1-20(25,18-7-5-4-6-8-18)15-22-19(24)21-13-16-9-11-17(12-10-16)14-23(2)3/h4-12,25H,13-15H2,1-3H3,(H2,21,22,24). The molecular formula is C20H27N3O2. The van der Waals surface area contributed by atoms with Crippen LogP contribution in [0, 0.1) is 0 Å². The number of carbonyl (C=O) groups excluding carboxylic acids is 1. The zero-order valence-corrected chi connectivity index (χ0v) is 15.1. The number of aliphatic hydroxyl groups is 1. The molecule has 2 aromatic carbocycles. The van der Waals surface area contributed by atoms with E-state index in [4.69, 9.17) is 0 Å². The van der Waals surface area contributed by atoms with Crippen molar-refractivity contribution in [3.8, 4) is 0 Å². The molecule has 0 bridgehead atoms. The maximum absolute atomic E-state index is 12.0. The minimum absolute atomic E-state index is 0.143. The van der Waals surface area contributed by atoms with Crippen LogP contribution in [0.15, 0.2) is 54.6 Å². The van der Waals surface area contributed by atoms with E-state index in [-0.39, 0.29) is 12.6 Å². The summed E-state index contributed by atoms with van der Waals surface area (Å²) >= 11 is 0. The highest BCUT2D eigenvalue weighted by Gasteiger charge is 2.23. The summed E-state index contributed by atoms with van der Waals surface area (Å²) in [5.74, 6) is 0. The van der Waals surface area contributed by atoms with Crippen LogP contribution >= 0.6 is 0 Å². The molecule has 0 aliphatic heterocycles. The highest BCUT2D eigenvalue weighted by Crippen LogP contribution is 2.18. The van der Waals surface area contributed by atoms with Crippen LogP contribution in [0.4, 0.5) is 4.79 Å². The molecule has 0 heterocycles. The molecule has 0 aliphatic rings. The second-order valence-corrected chi connectivity index (χ2v) is 6.73. The Labute approximate surface area is 149 Å². The van der Waals surface area contributed by atoms with Gasteiger partial charge in [-0.15, -0.1) is 0 Å². The Morgan fingerprint density at radius 3 is 2.20 bits per heavy atom. The molecule has 5 nitrogen and oxygen atoms in total. The van der Waals surface area contributed by atoms with Crippen LogP contribution in [0.3, 0.4) is 0 Å². The molecule has 0 saturated heterocycles. The van der Waals surface area contributed by atoms with Gasteiger partial charge in [0.25, 0.3) is 0 Å². The molecule has 0 aliphatic carbocycles. The number of benzene rings is 2. The largest absolute Gasteiger partial charge is 0.384 e. The normalized spacial score (nSPS) is 13.3. The number of rotatable bonds is 7. The van der Waals surface area contributed by atoms with Crippen molar-refractivity contribution in [1.29, 1.82) is 0 Å². The summed E-state index contributed by atoms with van der Waals surface area (Å²) in [6.07, 6.45) is 0. The van der Waals surface area contributed by atoms with Crippen molar-refractivity contribution in [1.82, 2.24) is 15.5 Å². The number of hydrogen-bond acceptors (Lipinski definition) is 3. The Morgan fingerprint density at radius 1 is 1.00 bits per heavy atom. The van der Waals surface area contributed by atoms with E-state index >= 15 is 0 Å². The van der Waals surface area contributed by atoms with Crippen LogP contribution in [0.2, 0.25) is 0 Å². The average molecular weight is 341 g/mol. The van der Waals surface area contributed by atoms with Crippen LogP contribution in [0.1, 0.15) is 23.6 Å². The lowest BCUT2D eigenvalue weighted by molar-refractivity contribution is 0.0594. The second kappa shape index (κ2) is 8.65. The third-order valence-corrected chi connectivity index (χ3v) is 3.96. The molecule has 0 aromatic heterocycles. The number of hydrogen-bond donors (Lipinski definition) is 3. The lowest BCUT2D eigenvalue weighted by atomic mass is 9.96. The van der Waals surface area contributed by atoms with Crippen molar-refractivity contribution in [3.05, 3.63) is 71.3 Å². The highest BCUT2D eigenvalue weighted by atomic mass is 16.3. The Kier molecular flexibility index (Phi) is 6.56. The van der Waals surface area contributed by atoms with Gasteiger partial charge in [-0.05, 0) is 37.7 Å². The van der Waals surface area contributed by atoms with E-state index in [1.54, 1.807) is 6.92 Å². The van der Waals surface area contributed by atoms with Crippen molar-refractivity contribution in [2.75, 3.05) is 20.6 Å². The van der Waals surface area contributed by atoms with Crippen molar-refractivity contribution in [2.24, 2.45) is 0 Å². The van der Waals surface area contributed by atoms with Crippen molar-refractivity contribution in [3.63, 3.8) is 0 Å². The minimum Gasteiger partial charge on any atom is -0.384 e. The summed E-state index contributed by atoms with van der Waals surface area (Å²) < 4.78 is 0. The van der Waals surface area contributed by atoms with Gasteiger partial charge in [-0.2, -0.15) is 0 Å². The van der Waals surface area contributed by atoms with Gasteiger partial charge in [-0.1, -0.05) is 54.6 Å². The Hall–Kier alpha value is -2.37. The Balaban J connectivity index is 1.79. The number of amides is 2. The zero-order chi connectivity index (χ0) is 18.3. The number of nitrogens with zero attached hydrogens (tertiary/aromatic N) is 1. The van der Waals surface area contributed by atoms with Gasteiger partial charge >= 0.3 is 6.03 Å². The molecule has 0 fully saturated rings. The van der Waals surface area contributed by atoms with E-state index in [0.717, 1.165) is 17.7 Å². The molecule has 0 spiro atoms. The molecule has 0 radical (unpaired) electrons. The van der Waals surface area contributed by atoms with Gasteiger partial charge < -0.3 is 20.6 Å². The van der Waals surface area contributed by atoms with E-state index in [2.05, 4.69) is 27.7 Å². The highest BCUT2D eigenvalue weighted by molar-refractivity contribution is 5.73. The maximum atomic E-state index is 12.0. The molecule has 0 saturated carbocycles. The van der Waals surface area contributed by atoms with E-state index in [9.17, 15) is 9.90 Å². The van der Waals surface area contributed by atoms with Crippen molar-refractivity contribution >= 4 is 6.03 Å². The molecule has 25 heavy (non-hydrogen) atoms. The summed E-state index contributed by atoms with van der Waals surface area (Å²) in [5, 5.41) is 16.0. The molecule has 134 valence electrons. The predicted molar refractivity (Wildman–Crippen MR) is 100 cm³/mol. The van der Waals surface area contributed by atoms with Gasteiger partial charge in [0, 0.05) is 13.1 Å². The fourth-order valence-corrected chi connectivity index (χ4v) is 2.52. The molecule has 2 aromatic rings. The Bertz CT molecular complexity index is 667. The predicted octanol–water partition coefficient (Wildman–Crippen LogP) is 2.46. The minimum atomic E-state index is -1.10. The summed E-state index contributed by atoms with van der Waals surface area (Å²) in [7, 11) is 4.06. The first-order chi connectivity index (χ1) is 11.9. The first-order valence-electron chi connectivity index (χ1n) is 8.39. The zero-order valence-electron chi connectivity index (χ0n) is 15.1. The number of urea groups is 1. The van der Waals surface area contributed by atoms with Crippen LogP contribution < -0.4 is 10.6 Å². The third-order valence-electron chi connectivity index (χ3n) is 3.96. The number of nitrogens with one attached hydrogen (secondary N) is 2. The fraction of sp³-hybridized carbons (Fsp3) is 0.350. The van der Waals surface area contributed by atoms with E-state index in [0.29, 0.717) is 6.54 Å². The topological polar surface area (TPSA) is 64.6 Å². The van der Waals surface area contributed by atoms with Gasteiger partial charge in [0.15, 0.2) is 0 Å². The molecule has 1 atom stereocenters. The molecule has 2 amide bonds. The van der Waals surface area contributed by atoms with Gasteiger partial charge in [-0.25, -0.2) is 4.79 Å². The van der Waals surface area contributed by atoms with Gasteiger partial charge in [0.05, 0.1) is 6.54 Å². The number of carbonyl (C=O) groups is 1. The maximum Gasteiger partial charge on any atom is 0.315 e. The first-order valence-corrected chi connectivity index (χ1v) is 8.39. The lowest BCUT2D eigenvalue weighted by Gasteiger charge is -2.24. The molecular weight excluding hydrogens is 314 g/mol. The molecule has 1 unspecified atom stereocenters. The molecule has 2 rings (SSSR count). The summed E-state index contributed by atoms with van der Waals surface area (Å²) in [6, 6.07) is 17.2. The molecule has 5 heteroatoms. The monoisotopic (exact) mass is 341 g/mol. The average Bonchev–Trinajstić information content (AvgIpc) is 2.60. The van der Waals surface area contributed by atoms with Crippen molar-refractivity contribution < 1.29 is 9.90 Å². The summed E-state index contributed by atoms with van der Waals surface area (Å²) in [5.41, 5.74) is 1.93. The van der Waals surface area contributed by atoms with Gasteiger partial charge in [0.1, 0.15) is 5.60 Å². The smallest absolute Gasteiger partial charge is 0.315 e. The van der Waals surface area contributed by atoms with Crippen LogP contribution in [-0.2, 0) is 18.7 Å². The van der Waals surface area contributed by atoms with Gasteiger partial charge in [0.2, 0.25) is 0 Å². The quantitative estimate of drug-likeness (QED) is 0.725. The van der Waals surface area contributed by atoms with Crippen molar-refractivity contribution in [2.45, 2.75) is 25.6 Å². The SMILES string of the molecule is CN(C)Cc1ccc(CNC(=O)NCC(C)(O)c2ccccc2)cc1. The first kappa shape index (κ1) is 19.0. The summed E-state index contributed by atoms with van der Waals surface area (Å²) in [4.78, 5) is 14.1. The van der Waals surface area contributed by atoms with Crippen LogP contribution in [-0.4, -0.2) is 36.7 Å². The fourth-order valence-electron chi connectivity index (χ4n) is 2.52. The van der Waals surface area contributed by atoms with Gasteiger partial charge in [-0.3, -0.25) is 0 Å². The van der Waals surface area contributed by atoms with E-state index in [1.165, 1.54) is 5.56 Å². The molecule has 3 N–H and O–H groups in total. The second-order valence-electron chi connectivity index (χ2n) is 6.73. The third kappa shape index (κ3) is 6.21. The van der Waals surface area contributed by atoms with Crippen LogP contribution in [0.5, 0.6) is 0 Å². The summed E-state index contributed by atoms with van der Waals surface area (Å²) in [6.45, 7) is 3.17. The van der Waals surface area contributed by atoms with E-state index < -0.39 is 5.60 Å². The lowest BCUT2D eigenvalue weighted by Crippen LogP contribution is -2.43.